The number of carbonyl (C=O) groups is 4. The van der Waals surface area contributed by atoms with Crippen LogP contribution < -0.4 is 0 Å². The molecule has 0 aromatic carbocycles. The average Bonchev–Trinajstić information content (AvgIpc) is 0.753. The van der Waals surface area contributed by atoms with E-state index in [0.29, 0.717) is 50.9 Å². The van der Waals surface area contributed by atoms with Gasteiger partial charge in [0.25, 0.3) is 0 Å². The van der Waals surface area contributed by atoms with Crippen molar-refractivity contribution >= 4 is 31.7 Å². The lowest BCUT2D eigenvalue weighted by molar-refractivity contribution is -0.360. The Kier molecular flexibility index (Phi) is 64.9. The lowest BCUT2D eigenvalue weighted by atomic mass is 9.84. The van der Waals surface area contributed by atoms with E-state index in [1.807, 2.05) is 0 Å². The van der Waals surface area contributed by atoms with Crippen molar-refractivity contribution < 1.29 is 122 Å². The zero-order chi connectivity index (χ0) is 86.2. The van der Waals surface area contributed by atoms with Gasteiger partial charge in [-0.15, -0.1) is 0 Å². The molecule has 0 aromatic heterocycles. The number of esters is 4. The van der Waals surface area contributed by atoms with Crippen LogP contribution in [0, 0.1) is 5.92 Å². The highest BCUT2D eigenvalue weighted by Crippen LogP contribution is 2.49. The number of carbonyl (C=O) groups excluding carboxylic acids is 4. The van der Waals surface area contributed by atoms with E-state index < -0.39 is 162 Å². The molecule has 0 aromatic rings. The summed E-state index contributed by atoms with van der Waals surface area (Å²) in [6.07, 6.45) is 28.8. The summed E-state index contributed by atoms with van der Waals surface area (Å²) in [5.41, 5.74) is 0. The first-order valence-electron chi connectivity index (χ1n) is 47.5. The molecule has 692 valence electrons. The number of aliphatic hydroxyl groups excluding tert-OH is 9. The standard InChI is InChI=1S/C92H169O25P/c1-6-10-14-18-22-25-28-31-33-36-39-42-45-53-59-65-77(96)111-72(68-108-75(94)63-57-52-48-47-50-56-62-71(5)61-55-49-21-17-13-9-4)69-110-118(106,107)117-90-88(115-91-85(104)81(100)79(98)73(67-93)112-91)84(103)83(102)87(114-78(97)66-60-54-46-43-40-37-34-32-29-26-23-19-15-11-7-2)89(90)116-92-86(105)82(101)80(99)74(113-92)70-109-76(95)64-58-51-44-41-38-35-30-27-24-20-16-12-8-3/h25,28,35,38,71-74,79-93,98-105H,6-24,26-27,29-34,36-37,39-70H2,1-5H3,(H,106,107)/b28-25-,38-35-. The van der Waals surface area contributed by atoms with Gasteiger partial charge in [-0.05, 0) is 83.0 Å². The minimum absolute atomic E-state index is 0.00595. The van der Waals surface area contributed by atoms with Crippen molar-refractivity contribution in [2.45, 2.75) is 505 Å². The van der Waals surface area contributed by atoms with E-state index in [1.165, 1.54) is 161 Å². The van der Waals surface area contributed by atoms with Gasteiger partial charge in [0.2, 0.25) is 0 Å². The molecule has 19 atom stereocenters. The number of hydrogen-bond donors (Lipinski definition) is 10. The van der Waals surface area contributed by atoms with Crippen LogP contribution in [0.25, 0.3) is 0 Å². The Hall–Kier alpha value is -3.05. The van der Waals surface area contributed by atoms with Crippen LogP contribution in [0.5, 0.6) is 0 Å². The fourth-order valence-corrected chi connectivity index (χ4v) is 16.6. The summed E-state index contributed by atoms with van der Waals surface area (Å²) in [4.78, 5) is 66.5. The second kappa shape index (κ2) is 70.2. The molecule has 1 aliphatic carbocycles. The van der Waals surface area contributed by atoms with E-state index in [4.69, 9.17) is 46.9 Å². The van der Waals surface area contributed by atoms with E-state index in [0.717, 1.165) is 135 Å². The maximum absolute atomic E-state index is 14.9. The van der Waals surface area contributed by atoms with Crippen LogP contribution in [0.2, 0.25) is 0 Å². The molecule has 10 N–H and O–H groups in total. The van der Waals surface area contributed by atoms with Gasteiger partial charge in [-0.3, -0.25) is 28.2 Å². The van der Waals surface area contributed by atoms with Crippen LogP contribution in [0.3, 0.4) is 0 Å². The van der Waals surface area contributed by atoms with Crippen molar-refractivity contribution in [2.75, 3.05) is 26.4 Å². The van der Waals surface area contributed by atoms with E-state index in [9.17, 15) is 74.6 Å². The summed E-state index contributed by atoms with van der Waals surface area (Å²) in [7, 11) is -5.81. The number of rotatable bonds is 76. The largest absolute Gasteiger partial charge is 0.472 e. The molecule has 0 spiro atoms. The summed E-state index contributed by atoms with van der Waals surface area (Å²) >= 11 is 0. The molecule has 26 heteroatoms. The Labute approximate surface area is 711 Å². The second-order valence-corrected chi connectivity index (χ2v) is 35.6. The molecule has 0 bridgehead atoms. The summed E-state index contributed by atoms with van der Waals surface area (Å²) in [5.74, 6) is -2.29. The maximum atomic E-state index is 14.9. The number of allylic oxidation sites excluding steroid dienone is 4. The van der Waals surface area contributed by atoms with Gasteiger partial charge in [-0.25, -0.2) is 4.57 Å². The summed E-state index contributed by atoms with van der Waals surface area (Å²) in [5, 5.41) is 102. The molecule has 19 unspecified atom stereocenters. The van der Waals surface area contributed by atoms with Crippen LogP contribution in [0.15, 0.2) is 24.3 Å². The molecule has 0 radical (unpaired) electrons. The lowest BCUT2D eigenvalue weighted by Gasteiger charge is -2.50. The van der Waals surface area contributed by atoms with Crippen molar-refractivity contribution in [3.63, 3.8) is 0 Å². The Bertz CT molecular complexity index is 2570. The van der Waals surface area contributed by atoms with Gasteiger partial charge in [-0.2, -0.15) is 0 Å². The minimum atomic E-state index is -5.81. The lowest BCUT2D eigenvalue weighted by Crippen LogP contribution is -2.70. The monoisotopic (exact) mass is 1710 g/mol. The van der Waals surface area contributed by atoms with Crippen molar-refractivity contribution in [1.82, 2.24) is 0 Å². The first-order chi connectivity index (χ1) is 57.1. The number of phosphoric acid groups is 1. The normalized spacial score (nSPS) is 25.3. The topological polar surface area (TPSA) is 380 Å². The number of hydrogen-bond acceptors (Lipinski definition) is 24. The molecule has 2 aliphatic heterocycles. The van der Waals surface area contributed by atoms with E-state index >= 15 is 0 Å². The zero-order valence-electron chi connectivity index (χ0n) is 73.9. The molecule has 1 saturated carbocycles. The van der Waals surface area contributed by atoms with Gasteiger partial charge in [0.1, 0.15) is 92.6 Å². The minimum Gasteiger partial charge on any atom is -0.463 e. The van der Waals surface area contributed by atoms with Crippen molar-refractivity contribution in [2.24, 2.45) is 5.92 Å². The van der Waals surface area contributed by atoms with Crippen LogP contribution in [0.1, 0.15) is 401 Å². The zero-order valence-corrected chi connectivity index (χ0v) is 74.8. The number of unbranched alkanes of at least 4 members (excludes halogenated alkanes) is 44. The second-order valence-electron chi connectivity index (χ2n) is 34.1. The fraction of sp³-hybridized carbons (Fsp3) is 0.913. The number of phosphoric ester groups is 1. The number of ether oxygens (including phenoxy) is 8. The Morgan fingerprint density at radius 1 is 0.356 bits per heavy atom. The highest BCUT2D eigenvalue weighted by molar-refractivity contribution is 7.47. The van der Waals surface area contributed by atoms with E-state index in [2.05, 4.69) is 58.9 Å². The van der Waals surface area contributed by atoms with Crippen LogP contribution in [-0.4, -0.2) is 205 Å². The van der Waals surface area contributed by atoms with Crippen molar-refractivity contribution in [3.05, 3.63) is 24.3 Å². The molecule has 2 heterocycles. The molecular formula is C92H169O25P. The van der Waals surface area contributed by atoms with Crippen LogP contribution >= 0.6 is 7.82 Å². The predicted octanol–water partition coefficient (Wildman–Crippen LogP) is 17.6. The molecule has 0 amide bonds. The molecule has 118 heavy (non-hydrogen) atoms. The van der Waals surface area contributed by atoms with Crippen LogP contribution in [0.4, 0.5) is 0 Å². The summed E-state index contributed by atoms with van der Waals surface area (Å²) in [6, 6.07) is 0. The summed E-state index contributed by atoms with van der Waals surface area (Å²) in [6.45, 7) is 7.90. The highest BCUT2D eigenvalue weighted by atomic mass is 31.2. The molecule has 3 fully saturated rings. The van der Waals surface area contributed by atoms with E-state index in [1.54, 1.807) is 0 Å². The van der Waals surface area contributed by atoms with Gasteiger partial charge in [-0.1, -0.05) is 322 Å². The Balaban J connectivity index is 1.93. The quantitative estimate of drug-likeness (QED) is 0.00889. The average molecular weight is 1710 g/mol. The third-order valence-electron chi connectivity index (χ3n) is 23.3. The predicted molar refractivity (Wildman–Crippen MR) is 458 cm³/mol. The van der Waals surface area contributed by atoms with Gasteiger partial charge >= 0.3 is 31.7 Å². The van der Waals surface area contributed by atoms with Crippen molar-refractivity contribution in [3.8, 4) is 0 Å². The highest BCUT2D eigenvalue weighted by Gasteiger charge is 2.60. The SMILES string of the molecule is CCCCCC/C=C\CCCCCCCCCC(=O)OC(COC(=O)CCCCCCCCC(C)CCCCCCCC)COP(=O)(O)OC1C(OC2OC(CO)C(O)C(O)C2O)C(O)C(O)C(OC(=O)CCCCCCCCCCCCCCCCC)C1OC1OC(COC(=O)CCCCC/C=C\CCCCCCCC)C(O)C(O)C1O. The molecule has 3 rings (SSSR count). The Morgan fingerprint density at radius 2 is 0.686 bits per heavy atom. The maximum Gasteiger partial charge on any atom is 0.472 e. The fourth-order valence-electron chi connectivity index (χ4n) is 15.7. The van der Waals surface area contributed by atoms with Gasteiger partial charge in [0.05, 0.1) is 13.2 Å². The first kappa shape index (κ1) is 109. The Morgan fingerprint density at radius 3 is 1.11 bits per heavy atom. The third-order valence-corrected chi connectivity index (χ3v) is 24.3. The van der Waals surface area contributed by atoms with Gasteiger partial charge in [0, 0.05) is 25.7 Å². The van der Waals surface area contributed by atoms with E-state index in [-0.39, 0.29) is 25.7 Å². The summed E-state index contributed by atoms with van der Waals surface area (Å²) < 4.78 is 73.5. The molecule has 25 nitrogen and oxygen atoms in total. The van der Waals surface area contributed by atoms with Crippen LogP contribution in [-0.2, 0) is 70.7 Å². The van der Waals surface area contributed by atoms with Gasteiger partial charge < -0.3 is 88.7 Å². The van der Waals surface area contributed by atoms with Crippen molar-refractivity contribution in [1.29, 1.82) is 0 Å². The first-order valence-corrected chi connectivity index (χ1v) is 49.0. The molecule has 3 aliphatic rings. The van der Waals surface area contributed by atoms with Gasteiger partial charge in [0.15, 0.2) is 24.8 Å². The molecule has 2 saturated heterocycles. The smallest absolute Gasteiger partial charge is 0.463 e. The number of aliphatic hydroxyl groups is 9. The third kappa shape index (κ3) is 50.2. The molecular weight excluding hydrogens is 1540 g/mol.